The quantitative estimate of drug-likeness (QED) is 0.664. The SMILES string of the molecule is CC.CC.CCC1CN(C)CC1C(C)C. The second-order valence-corrected chi connectivity index (χ2v) is 4.30. The normalized spacial score (nSPS) is 25.4. The summed E-state index contributed by atoms with van der Waals surface area (Å²) in [6, 6.07) is 0. The van der Waals surface area contributed by atoms with Gasteiger partial charge in [-0.25, -0.2) is 0 Å². The molecule has 0 aromatic heterocycles. The highest BCUT2D eigenvalue weighted by molar-refractivity contribution is 4.82. The van der Waals surface area contributed by atoms with Crippen LogP contribution in [0.2, 0.25) is 0 Å². The van der Waals surface area contributed by atoms with Crippen molar-refractivity contribution in [2.24, 2.45) is 17.8 Å². The fourth-order valence-corrected chi connectivity index (χ4v) is 2.31. The lowest BCUT2D eigenvalue weighted by molar-refractivity contribution is 0.309. The topological polar surface area (TPSA) is 3.24 Å². The second kappa shape index (κ2) is 10.5. The summed E-state index contributed by atoms with van der Waals surface area (Å²) in [5.74, 6) is 2.77. The van der Waals surface area contributed by atoms with Gasteiger partial charge < -0.3 is 4.90 Å². The Morgan fingerprint density at radius 3 is 1.80 bits per heavy atom. The first-order chi connectivity index (χ1) is 7.15. The van der Waals surface area contributed by atoms with Crippen LogP contribution < -0.4 is 0 Å². The molecule has 1 heterocycles. The van der Waals surface area contributed by atoms with Crippen molar-refractivity contribution < 1.29 is 0 Å². The van der Waals surface area contributed by atoms with E-state index in [0.717, 1.165) is 17.8 Å². The molecule has 1 fully saturated rings. The molecule has 0 saturated carbocycles. The summed E-state index contributed by atoms with van der Waals surface area (Å²) in [6.45, 7) is 17.7. The van der Waals surface area contributed by atoms with E-state index in [-0.39, 0.29) is 0 Å². The van der Waals surface area contributed by atoms with E-state index < -0.39 is 0 Å². The first-order valence-electron chi connectivity index (χ1n) is 6.83. The molecule has 2 atom stereocenters. The highest BCUT2D eigenvalue weighted by Gasteiger charge is 2.30. The Bertz CT molecular complexity index is 121. The van der Waals surface area contributed by atoms with E-state index in [1.54, 1.807) is 0 Å². The summed E-state index contributed by atoms with van der Waals surface area (Å²) >= 11 is 0. The van der Waals surface area contributed by atoms with Crippen molar-refractivity contribution in [3.05, 3.63) is 0 Å². The summed E-state index contributed by atoms with van der Waals surface area (Å²) in [5, 5.41) is 0. The molecule has 0 aliphatic carbocycles. The molecule has 0 spiro atoms. The van der Waals surface area contributed by atoms with Crippen molar-refractivity contribution in [3.8, 4) is 0 Å². The predicted octanol–water partition coefficient (Wildman–Crippen LogP) is 4.28. The monoisotopic (exact) mass is 215 g/mol. The van der Waals surface area contributed by atoms with E-state index in [9.17, 15) is 0 Å². The Kier molecular flexibility index (Phi) is 12.1. The van der Waals surface area contributed by atoms with Crippen LogP contribution in [0.5, 0.6) is 0 Å². The Balaban J connectivity index is 0. The maximum absolute atomic E-state index is 2.47. The van der Waals surface area contributed by atoms with Crippen molar-refractivity contribution in [3.63, 3.8) is 0 Å². The lowest BCUT2D eigenvalue weighted by Crippen LogP contribution is -2.18. The molecule has 1 aliphatic heterocycles. The fraction of sp³-hybridized carbons (Fsp3) is 1.00. The van der Waals surface area contributed by atoms with Gasteiger partial charge in [-0.1, -0.05) is 54.9 Å². The first kappa shape index (κ1) is 17.4. The van der Waals surface area contributed by atoms with Gasteiger partial charge in [0.25, 0.3) is 0 Å². The molecule has 0 radical (unpaired) electrons. The molecule has 1 rings (SSSR count). The van der Waals surface area contributed by atoms with Gasteiger partial charge in [0.1, 0.15) is 0 Å². The summed E-state index contributed by atoms with van der Waals surface area (Å²) in [4.78, 5) is 2.47. The summed E-state index contributed by atoms with van der Waals surface area (Å²) in [7, 11) is 2.24. The highest BCUT2D eigenvalue weighted by Crippen LogP contribution is 2.30. The van der Waals surface area contributed by atoms with E-state index >= 15 is 0 Å². The van der Waals surface area contributed by atoms with Crippen molar-refractivity contribution in [1.82, 2.24) is 4.90 Å². The third-order valence-electron chi connectivity index (χ3n) is 3.05. The number of hydrogen-bond acceptors (Lipinski definition) is 1. The van der Waals surface area contributed by atoms with E-state index in [2.05, 4.69) is 32.7 Å². The zero-order valence-corrected chi connectivity index (χ0v) is 12.3. The van der Waals surface area contributed by atoms with Crippen LogP contribution >= 0.6 is 0 Å². The van der Waals surface area contributed by atoms with Gasteiger partial charge in [0.15, 0.2) is 0 Å². The molecule has 94 valence electrons. The molecule has 2 unspecified atom stereocenters. The molecule has 1 heteroatoms. The molecule has 0 aromatic rings. The van der Waals surface area contributed by atoms with E-state index in [1.807, 2.05) is 27.7 Å². The van der Waals surface area contributed by atoms with Crippen molar-refractivity contribution in [2.75, 3.05) is 20.1 Å². The van der Waals surface area contributed by atoms with Crippen LogP contribution in [0.25, 0.3) is 0 Å². The van der Waals surface area contributed by atoms with E-state index in [4.69, 9.17) is 0 Å². The molecule has 0 amide bonds. The van der Waals surface area contributed by atoms with Gasteiger partial charge in [0.05, 0.1) is 0 Å². The molecule has 1 nitrogen and oxygen atoms in total. The maximum atomic E-state index is 2.47. The molecule has 0 N–H and O–H groups in total. The van der Waals surface area contributed by atoms with Gasteiger partial charge in [-0.2, -0.15) is 0 Å². The smallest absolute Gasteiger partial charge is 0.00123 e. The molecule has 15 heavy (non-hydrogen) atoms. The van der Waals surface area contributed by atoms with Gasteiger partial charge >= 0.3 is 0 Å². The standard InChI is InChI=1S/C10H21N.2C2H6/c1-5-9-6-11(4)7-10(9)8(2)3;2*1-2/h8-10H,5-7H2,1-4H3;2*1-2H3. The third-order valence-corrected chi connectivity index (χ3v) is 3.05. The van der Waals surface area contributed by atoms with Gasteiger partial charge in [-0.05, 0) is 24.8 Å². The average molecular weight is 215 g/mol. The zero-order chi connectivity index (χ0) is 12.4. The molecular weight excluding hydrogens is 182 g/mol. The number of hydrogen-bond donors (Lipinski definition) is 0. The van der Waals surface area contributed by atoms with Crippen molar-refractivity contribution >= 4 is 0 Å². The van der Waals surface area contributed by atoms with Gasteiger partial charge in [-0.3, -0.25) is 0 Å². The van der Waals surface area contributed by atoms with Crippen molar-refractivity contribution in [2.45, 2.75) is 54.9 Å². The number of rotatable bonds is 2. The molecule has 0 bridgehead atoms. The summed E-state index contributed by atoms with van der Waals surface area (Å²) in [5.41, 5.74) is 0. The predicted molar refractivity (Wildman–Crippen MR) is 72.3 cm³/mol. The van der Waals surface area contributed by atoms with Crippen LogP contribution in [-0.4, -0.2) is 25.0 Å². The maximum Gasteiger partial charge on any atom is 0.00123 e. The van der Waals surface area contributed by atoms with Gasteiger partial charge in [0.2, 0.25) is 0 Å². The fourth-order valence-electron chi connectivity index (χ4n) is 2.31. The van der Waals surface area contributed by atoms with Crippen LogP contribution in [0.4, 0.5) is 0 Å². The van der Waals surface area contributed by atoms with Crippen LogP contribution in [0.1, 0.15) is 54.9 Å². The van der Waals surface area contributed by atoms with Crippen LogP contribution in [0, 0.1) is 17.8 Å². The largest absolute Gasteiger partial charge is 0.306 e. The van der Waals surface area contributed by atoms with Gasteiger partial charge in [0, 0.05) is 13.1 Å². The Morgan fingerprint density at radius 2 is 1.53 bits per heavy atom. The first-order valence-corrected chi connectivity index (χ1v) is 6.83. The van der Waals surface area contributed by atoms with E-state index in [1.165, 1.54) is 19.5 Å². The second-order valence-electron chi connectivity index (χ2n) is 4.30. The molecule has 1 saturated heterocycles. The lowest BCUT2D eigenvalue weighted by Gasteiger charge is -2.20. The highest BCUT2D eigenvalue weighted by atomic mass is 15.1. The van der Waals surface area contributed by atoms with Crippen LogP contribution in [0.3, 0.4) is 0 Å². The van der Waals surface area contributed by atoms with Crippen LogP contribution in [-0.2, 0) is 0 Å². The van der Waals surface area contributed by atoms with Crippen LogP contribution in [0.15, 0.2) is 0 Å². The number of likely N-dealkylation sites (tertiary alicyclic amines) is 1. The number of nitrogens with zero attached hydrogens (tertiary/aromatic N) is 1. The minimum Gasteiger partial charge on any atom is -0.306 e. The van der Waals surface area contributed by atoms with E-state index in [0.29, 0.717) is 0 Å². The zero-order valence-electron chi connectivity index (χ0n) is 12.3. The molecule has 1 aliphatic rings. The molecule has 0 aromatic carbocycles. The summed E-state index contributed by atoms with van der Waals surface area (Å²) < 4.78 is 0. The Hall–Kier alpha value is -0.0400. The Labute approximate surface area is 98.2 Å². The minimum atomic E-state index is 0.866. The minimum absolute atomic E-state index is 0.866. The summed E-state index contributed by atoms with van der Waals surface area (Å²) in [6.07, 6.45) is 1.35. The average Bonchev–Trinajstić information content (AvgIpc) is 2.65. The van der Waals surface area contributed by atoms with Crippen molar-refractivity contribution in [1.29, 1.82) is 0 Å². The third kappa shape index (κ3) is 6.19. The molecular formula is C14H33N. The Morgan fingerprint density at radius 1 is 1.07 bits per heavy atom. The lowest BCUT2D eigenvalue weighted by atomic mass is 9.85. The van der Waals surface area contributed by atoms with Gasteiger partial charge in [-0.15, -0.1) is 0 Å².